The molecule has 0 saturated heterocycles. The number of carboxylic acids is 1. The molecule has 1 fully saturated rings. The summed E-state index contributed by atoms with van der Waals surface area (Å²) in [4.78, 5) is 14.1. The number of aliphatic carboxylic acids is 1. The maximum Gasteiger partial charge on any atom is 0.323 e. The van der Waals surface area contributed by atoms with E-state index >= 15 is 0 Å². The Bertz CT molecular complexity index is 316. The SMILES string of the molecule is CCCN(CC1CC1)C(C)CC(C)(NC(C)C)C(=O)O. The second kappa shape index (κ2) is 7.41. The molecule has 0 aromatic carbocycles. The maximum atomic E-state index is 11.6. The van der Waals surface area contributed by atoms with Gasteiger partial charge in [0, 0.05) is 18.6 Å². The smallest absolute Gasteiger partial charge is 0.323 e. The van der Waals surface area contributed by atoms with Gasteiger partial charge in [-0.3, -0.25) is 10.1 Å². The van der Waals surface area contributed by atoms with Gasteiger partial charge in [0.05, 0.1) is 0 Å². The van der Waals surface area contributed by atoms with E-state index in [1.54, 1.807) is 0 Å². The first-order valence-corrected chi connectivity index (χ1v) is 8.03. The van der Waals surface area contributed by atoms with Gasteiger partial charge in [0.25, 0.3) is 0 Å². The number of hydrogen-bond donors (Lipinski definition) is 2. The zero-order valence-electron chi connectivity index (χ0n) is 13.8. The molecule has 1 aliphatic carbocycles. The van der Waals surface area contributed by atoms with E-state index in [4.69, 9.17) is 0 Å². The summed E-state index contributed by atoms with van der Waals surface area (Å²) >= 11 is 0. The molecule has 0 radical (unpaired) electrons. The predicted molar refractivity (Wildman–Crippen MR) is 83.0 cm³/mol. The summed E-state index contributed by atoms with van der Waals surface area (Å²) in [5.41, 5.74) is -0.844. The molecule has 4 nitrogen and oxygen atoms in total. The number of nitrogens with zero attached hydrogens (tertiary/aromatic N) is 1. The van der Waals surface area contributed by atoms with Crippen LogP contribution in [0.2, 0.25) is 0 Å². The monoisotopic (exact) mass is 284 g/mol. The van der Waals surface area contributed by atoms with E-state index in [1.165, 1.54) is 12.8 Å². The molecule has 0 heterocycles. The van der Waals surface area contributed by atoms with Crippen molar-refractivity contribution in [1.29, 1.82) is 0 Å². The fourth-order valence-corrected chi connectivity index (χ4v) is 2.98. The lowest BCUT2D eigenvalue weighted by atomic mass is 9.91. The van der Waals surface area contributed by atoms with Gasteiger partial charge >= 0.3 is 5.97 Å². The quantitative estimate of drug-likeness (QED) is 0.647. The van der Waals surface area contributed by atoms with Gasteiger partial charge in [-0.25, -0.2) is 0 Å². The summed E-state index contributed by atoms with van der Waals surface area (Å²) in [5.74, 6) is 0.0964. The van der Waals surface area contributed by atoms with Gasteiger partial charge in [0.1, 0.15) is 5.54 Å². The van der Waals surface area contributed by atoms with E-state index in [2.05, 4.69) is 24.1 Å². The van der Waals surface area contributed by atoms with Gasteiger partial charge in [0.2, 0.25) is 0 Å². The summed E-state index contributed by atoms with van der Waals surface area (Å²) in [5, 5.41) is 12.8. The van der Waals surface area contributed by atoms with Gasteiger partial charge < -0.3 is 10.0 Å². The molecule has 1 saturated carbocycles. The van der Waals surface area contributed by atoms with Crippen molar-refractivity contribution in [2.75, 3.05) is 13.1 Å². The van der Waals surface area contributed by atoms with Crippen LogP contribution in [0.1, 0.15) is 60.3 Å². The largest absolute Gasteiger partial charge is 0.480 e. The molecule has 0 aromatic rings. The van der Waals surface area contributed by atoms with Crippen LogP contribution in [-0.4, -0.2) is 46.7 Å². The third-order valence-corrected chi connectivity index (χ3v) is 4.11. The van der Waals surface area contributed by atoms with Crippen molar-refractivity contribution in [3.8, 4) is 0 Å². The second-order valence-electron chi connectivity index (χ2n) is 6.93. The summed E-state index contributed by atoms with van der Waals surface area (Å²) < 4.78 is 0. The lowest BCUT2D eigenvalue weighted by molar-refractivity contribution is -0.145. The highest BCUT2D eigenvalue weighted by molar-refractivity contribution is 5.78. The molecule has 1 aliphatic rings. The minimum absolute atomic E-state index is 0.173. The Morgan fingerprint density at radius 3 is 2.40 bits per heavy atom. The molecule has 118 valence electrons. The number of rotatable bonds is 10. The Morgan fingerprint density at radius 1 is 1.40 bits per heavy atom. The van der Waals surface area contributed by atoms with E-state index in [1.807, 2.05) is 20.8 Å². The third kappa shape index (κ3) is 5.41. The second-order valence-corrected chi connectivity index (χ2v) is 6.93. The first-order chi connectivity index (χ1) is 9.28. The first-order valence-electron chi connectivity index (χ1n) is 8.03. The van der Waals surface area contributed by atoms with E-state index in [-0.39, 0.29) is 6.04 Å². The zero-order chi connectivity index (χ0) is 15.3. The lowest BCUT2D eigenvalue weighted by Crippen LogP contribution is -2.55. The van der Waals surface area contributed by atoms with Gasteiger partial charge in [0.15, 0.2) is 0 Å². The van der Waals surface area contributed by atoms with Crippen molar-refractivity contribution in [3.63, 3.8) is 0 Å². The van der Waals surface area contributed by atoms with Crippen molar-refractivity contribution < 1.29 is 9.90 Å². The third-order valence-electron chi connectivity index (χ3n) is 4.11. The van der Waals surface area contributed by atoms with Gasteiger partial charge in [-0.15, -0.1) is 0 Å². The Hall–Kier alpha value is -0.610. The number of hydrogen-bond acceptors (Lipinski definition) is 3. The van der Waals surface area contributed by atoms with E-state index in [0.29, 0.717) is 12.5 Å². The van der Waals surface area contributed by atoms with Crippen molar-refractivity contribution in [2.24, 2.45) is 5.92 Å². The molecule has 4 heteroatoms. The molecule has 0 spiro atoms. The highest BCUT2D eigenvalue weighted by atomic mass is 16.4. The topological polar surface area (TPSA) is 52.6 Å². The normalized spacial score (nSPS) is 20.1. The summed E-state index contributed by atoms with van der Waals surface area (Å²) in [6.45, 7) is 12.4. The molecule has 0 amide bonds. The van der Waals surface area contributed by atoms with Crippen LogP contribution in [0.3, 0.4) is 0 Å². The summed E-state index contributed by atoms with van der Waals surface area (Å²) in [7, 11) is 0. The highest BCUT2D eigenvalue weighted by Gasteiger charge is 2.37. The van der Waals surface area contributed by atoms with Gasteiger partial charge in [-0.2, -0.15) is 0 Å². The summed E-state index contributed by atoms with van der Waals surface area (Å²) in [6.07, 6.45) is 4.45. The van der Waals surface area contributed by atoms with Crippen molar-refractivity contribution in [2.45, 2.75) is 77.9 Å². The molecule has 2 N–H and O–H groups in total. The highest BCUT2D eigenvalue weighted by Crippen LogP contribution is 2.31. The molecule has 1 rings (SSSR count). The Labute approximate surface area is 123 Å². The fourth-order valence-electron chi connectivity index (χ4n) is 2.98. The number of carboxylic acid groups (broad SMARTS) is 1. The van der Waals surface area contributed by atoms with E-state index < -0.39 is 11.5 Å². The minimum atomic E-state index is -0.844. The van der Waals surface area contributed by atoms with Crippen molar-refractivity contribution >= 4 is 5.97 Å². The first kappa shape index (κ1) is 17.4. The van der Waals surface area contributed by atoms with Crippen LogP contribution in [0.15, 0.2) is 0 Å². The molecule has 2 unspecified atom stereocenters. The minimum Gasteiger partial charge on any atom is -0.480 e. The fraction of sp³-hybridized carbons (Fsp3) is 0.938. The van der Waals surface area contributed by atoms with Crippen molar-refractivity contribution in [3.05, 3.63) is 0 Å². The maximum absolute atomic E-state index is 11.6. The molecule has 2 atom stereocenters. The van der Waals surface area contributed by atoms with Crippen LogP contribution in [0.5, 0.6) is 0 Å². The average molecular weight is 284 g/mol. The van der Waals surface area contributed by atoms with Crippen LogP contribution in [-0.2, 0) is 4.79 Å². The number of nitrogens with one attached hydrogen (secondary N) is 1. The summed E-state index contributed by atoms with van der Waals surface area (Å²) in [6, 6.07) is 0.467. The number of carbonyl (C=O) groups is 1. The molecule has 20 heavy (non-hydrogen) atoms. The lowest BCUT2D eigenvalue weighted by Gasteiger charge is -2.36. The molecule has 0 bridgehead atoms. The Kier molecular flexibility index (Phi) is 6.46. The molecular formula is C16H32N2O2. The van der Waals surface area contributed by atoms with Crippen LogP contribution >= 0.6 is 0 Å². The van der Waals surface area contributed by atoms with Gasteiger partial charge in [-0.1, -0.05) is 6.92 Å². The van der Waals surface area contributed by atoms with Crippen LogP contribution in [0, 0.1) is 5.92 Å². The molecular weight excluding hydrogens is 252 g/mol. The van der Waals surface area contributed by atoms with Crippen molar-refractivity contribution in [1.82, 2.24) is 10.2 Å². The van der Waals surface area contributed by atoms with Gasteiger partial charge in [-0.05, 0) is 65.8 Å². The molecule has 0 aliphatic heterocycles. The average Bonchev–Trinajstić information content (AvgIpc) is 3.10. The molecule has 0 aromatic heterocycles. The van der Waals surface area contributed by atoms with E-state index in [9.17, 15) is 9.90 Å². The Morgan fingerprint density at radius 2 is 2.00 bits per heavy atom. The van der Waals surface area contributed by atoms with Crippen LogP contribution in [0.25, 0.3) is 0 Å². The zero-order valence-corrected chi connectivity index (χ0v) is 13.8. The van der Waals surface area contributed by atoms with Crippen LogP contribution in [0.4, 0.5) is 0 Å². The predicted octanol–water partition coefficient (Wildman–Crippen LogP) is 2.73. The standard InChI is InChI=1S/C16H32N2O2/c1-6-9-18(11-14-7-8-14)13(4)10-16(5,15(19)20)17-12(2)3/h12-14,17H,6-11H2,1-5H3,(H,19,20). The Balaban J connectivity index is 2.65. The van der Waals surface area contributed by atoms with E-state index in [0.717, 1.165) is 25.4 Å². The van der Waals surface area contributed by atoms with Crippen LogP contribution < -0.4 is 5.32 Å².